The zero-order valence-electron chi connectivity index (χ0n) is 9.66. The molecule has 17 heavy (non-hydrogen) atoms. The predicted octanol–water partition coefficient (Wildman–Crippen LogP) is 3.31. The highest BCUT2D eigenvalue weighted by Crippen LogP contribution is 2.19. The Labute approximate surface area is 107 Å². The summed E-state index contributed by atoms with van der Waals surface area (Å²) in [7, 11) is 0. The molecule has 0 aliphatic heterocycles. The van der Waals surface area contributed by atoms with E-state index in [1.807, 2.05) is 24.3 Å². The lowest BCUT2D eigenvalue weighted by atomic mass is 9.93. The molecule has 0 saturated carbocycles. The third-order valence-corrected chi connectivity index (χ3v) is 3.42. The van der Waals surface area contributed by atoms with Crippen molar-refractivity contribution in [2.75, 3.05) is 0 Å². The number of allylic oxidation sites excluding steroid dienone is 2. The first-order chi connectivity index (χ1) is 8.27. The monoisotopic (exact) mass is 249 g/mol. The number of halogens is 1. The Balaban J connectivity index is 1.88. The Kier molecular flexibility index (Phi) is 4.21. The van der Waals surface area contributed by atoms with E-state index in [0.717, 1.165) is 24.8 Å². The largest absolute Gasteiger partial charge is 0.352 e. The molecule has 1 aromatic rings. The average Bonchev–Trinajstić information content (AvgIpc) is 2.38. The van der Waals surface area contributed by atoms with Gasteiger partial charge in [0.25, 0.3) is 0 Å². The Morgan fingerprint density at radius 2 is 2.18 bits per heavy atom. The summed E-state index contributed by atoms with van der Waals surface area (Å²) in [6, 6.07) is 7.59. The van der Waals surface area contributed by atoms with Crippen molar-refractivity contribution in [2.45, 2.75) is 25.8 Å². The van der Waals surface area contributed by atoms with Gasteiger partial charge in [-0.3, -0.25) is 4.79 Å². The molecular formula is C14H16ClNO. The highest BCUT2D eigenvalue weighted by atomic mass is 35.5. The molecule has 1 aromatic carbocycles. The van der Waals surface area contributed by atoms with Crippen LogP contribution in [0.2, 0.25) is 5.02 Å². The molecule has 0 fully saturated rings. The minimum absolute atomic E-state index is 0.127. The third-order valence-electron chi connectivity index (χ3n) is 3.05. The van der Waals surface area contributed by atoms with Crippen molar-refractivity contribution in [3.05, 3.63) is 47.0 Å². The summed E-state index contributed by atoms with van der Waals surface area (Å²) in [5.41, 5.74) is 0.967. The zero-order chi connectivity index (χ0) is 12.1. The maximum atomic E-state index is 11.9. The summed E-state index contributed by atoms with van der Waals surface area (Å²) < 4.78 is 0. The molecule has 0 bridgehead atoms. The van der Waals surface area contributed by atoms with Crippen LogP contribution in [0.15, 0.2) is 36.4 Å². The second kappa shape index (κ2) is 5.87. The van der Waals surface area contributed by atoms with Crippen molar-refractivity contribution >= 4 is 17.5 Å². The van der Waals surface area contributed by atoms with Crippen LogP contribution in [0.4, 0.5) is 0 Å². The number of hydrogen-bond donors (Lipinski definition) is 1. The van der Waals surface area contributed by atoms with Gasteiger partial charge in [0.2, 0.25) is 5.91 Å². The van der Waals surface area contributed by atoms with Crippen LogP contribution in [-0.2, 0) is 11.3 Å². The van der Waals surface area contributed by atoms with Crippen molar-refractivity contribution in [2.24, 2.45) is 5.92 Å². The van der Waals surface area contributed by atoms with Gasteiger partial charge >= 0.3 is 0 Å². The van der Waals surface area contributed by atoms with E-state index in [4.69, 9.17) is 11.6 Å². The number of hydrogen-bond acceptors (Lipinski definition) is 1. The molecule has 0 heterocycles. The lowest BCUT2D eigenvalue weighted by Crippen LogP contribution is -2.30. The summed E-state index contributed by atoms with van der Waals surface area (Å²) >= 11 is 6.03. The van der Waals surface area contributed by atoms with Crippen LogP contribution in [0, 0.1) is 5.92 Å². The van der Waals surface area contributed by atoms with E-state index in [1.165, 1.54) is 0 Å². The Morgan fingerprint density at radius 3 is 2.88 bits per heavy atom. The number of nitrogens with one attached hydrogen (secondary N) is 1. The molecule has 1 amide bonds. The summed E-state index contributed by atoms with van der Waals surface area (Å²) in [4.78, 5) is 11.9. The minimum Gasteiger partial charge on any atom is -0.352 e. The summed E-state index contributed by atoms with van der Waals surface area (Å²) in [6.07, 6.45) is 7.03. The van der Waals surface area contributed by atoms with Gasteiger partial charge in [-0.15, -0.1) is 0 Å². The molecule has 1 aliphatic carbocycles. The first-order valence-corrected chi connectivity index (χ1v) is 6.31. The van der Waals surface area contributed by atoms with E-state index >= 15 is 0 Å². The van der Waals surface area contributed by atoms with E-state index in [-0.39, 0.29) is 11.8 Å². The molecular weight excluding hydrogens is 234 g/mol. The first-order valence-electron chi connectivity index (χ1n) is 5.93. The summed E-state index contributed by atoms with van der Waals surface area (Å²) in [5.74, 6) is 0.261. The van der Waals surface area contributed by atoms with Crippen molar-refractivity contribution in [3.63, 3.8) is 0 Å². The van der Waals surface area contributed by atoms with Gasteiger partial charge in [0, 0.05) is 17.5 Å². The van der Waals surface area contributed by atoms with Gasteiger partial charge in [0.05, 0.1) is 0 Å². The van der Waals surface area contributed by atoms with Crippen LogP contribution >= 0.6 is 11.6 Å². The van der Waals surface area contributed by atoms with E-state index < -0.39 is 0 Å². The molecule has 2 rings (SSSR count). The third kappa shape index (κ3) is 3.34. The molecule has 0 spiro atoms. The van der Waals surface area contributed by atoms with Crippen LogP contribution < -0.4 is 5.32 Å². The minimum atomic E-state index is 0.127. The maximum Gasteiger partial charge on any atom is 0.223 e. The standard InChI is InChI=1S/C14H16ClNO/c15-13-9-5-4-8-12(13)10-16-14(17)11-6-2-1-3-7-11/h1-2,4-5,8-9,11H,3,6-7,10H2,(H,16,17). The lowest BCUT2D eigenvalue weighted by Gasteiger charge is -2.17. The predicted molar refractivity (Wildman–Crippen MR) is 69.8 cm³/mol. The van der Waals surface area contributed by atoms with Gasteiger partial charge in [-0.05, 0) is 30.9 Å². The number of rotatable bonds is 3. The van der Waals surface area contributed by atoms with E-state index in [1.54, 1.807) is 0 Å². The fourth-order valence-electron chi connectivity index (χ4n) is 2.00. The van der Waals surface area contributed by atoms with Gasteiger partial charge in [-0.25, -0.2) is 0 Å². The van der Waals surface area contributed by atoms with E-state index in [0.29, 0.717) is 11.6 Å². The summed E-state index contributed by atoms with van der Waals surface area (Å²) in [5, 5.41) is 3.66. The van der Waals surface area contributed by atoms with Gasteiger partial charge in [0.15, 0.2) is 0 Å². The normalized spacial score (nSPS) is 19.0. The van der Waals surface area contributed by atoms with Crippen LogP contribution in [0.1, 0.15) is 24.8 Å². The lowest BCUT2D eigenvalue weighted by molar-refractivity contribution is -0.125. The van der Waals surface area contributed by atoms with Gasteiger partial charge in [0.1, 0.15) is 0 Å². The van der Waals surface area contributed by atoms with Crippen molar-refractivity contribution in [1.82, 2.24) is 5.32 Å². The number of benzene rings is 1. The second-order valence-corrected chi connectivity index (χ2v) is 4.70. The number of carbonyl (C=O) groups is 1. The Morgan fingerprint density at radius 1 is 1.35 bits per heavy atom. The van der Waals surface area contributed by atoms with Gasteiger partial charge in [-0.2, -0.15) is 0 Å². The quantitative estimate of drug-likeness (QED) is 0.819. The van der Waals surface area contributed by atoms with E-state index in [9.17, 15) is 4.79 Å². The topological polar surface area (TPSA) is 29.1 Å². The zero-order valence-corrected chi connectivity index (χ0v) is 10.4. The fraction of sp³-hybridized carbons (Fsp3) is 0.357. The molecule has 0 saturated heterocycles. The molecule has 0 radical (unpaired) electrons. The van der Waals surface area contributed by atoms with Crippen LogP contribution in [-0.4, -0.2) is 5.91 Å². The highest BCUT2D eigenvalue weighted by molar-refractivity contribution is 6.31. The molecule has 1 N–H and O–H groups in total. The second-order valence-electron chi connectivity index (χ2n) is 4.29. The fourth-order valence-corrected chi connectivity index (χ4v) is 2.20. The Hall–Kier alpha value is -1.28. The maximum absolute atomic E-state index is 11.9. The van der Waals surface area contributed by atoms with E-state index in [2.05, 4.69) is 17.5 Å². The van der Waals surface area contributed by atoms with Gasteiger partial charge < -0.3 is 5.32 Å². The van der Waals surface area contributed by atoms with Crippen LogP contribution in [0.25, 0.3) is 0 Å². The Bertz CT molecular complexity index is 428. The smallest absolute Gasteiger partial charge is 0.223 e. The van der Waals surface area contributed by atoms with Crippen LogP contribution in [0.3, 0.4) is 0 Å². The molecule has 2 nitrogen and oxygen atoms in total. The SMILES string of the molecule is O=C(NCc1ccccc1Cl)C1CC=CCC1. The highest BCUT2D eigenvalue weighted by Gasteiger charge is 2.18. The molecule has 1 unspecified atom stereocenters. The average molecular weight is 250 g/mol. The number of carbonyl (C=O) groups excluding carboxylic acids is 1. The van der Waals surface area contributed by atoms with Crippen molar-refractivity contribution < 1.29 is 4.79 Å². The summed E-state index contributed by atoms with van der Waals surface area (Å²) in [6.45, 7) is 0.513. The first kappa shape index (κ1) is 12.2. The van der Waals surface area contributed by atoms with Crippen LogP contribution in [0.5, 0.6) is 0 Å². The van der Waals surface area contributed by atoms with Crippen molar-refractivity contribution in [1.29, 1.82) is 0 Å². The van der Waals surface area contributed by atoms with Crippen molar-refractivity contribution in [3.8, 4) is 0 Å². The molecule has 1 aliphatic rings. The molecule has 1 atom stereocenters. The van der Waals surface area contributed by atoms with Gasteiger partial charge in [-0.1, -0.05) is 42.0 Å². The number of amides is 1. The molecule has 0 aromatic heterocycles. The molecule has 90 valence electrons. The molecule has 3 heteroatoms.